The average Bonchev–Trinajstić information content (AvgIpc) is 2.15. The van der Waals surface area contributed by atoms with Crippen molar-refractivity contribution in [1.82, 2.24) is 5.32 Å². The van der Waals surface area contributed by atoms with Gasteiger partial charge in [-0.05, 0) is 31.5 Å². The van der Waals surface area contributed by atoms with Gasteiger partial charge in [0.2, 0.25) is 0 Å². The fourth-order valence-corrected chi connectivity index (χ4v) is 1.78. The lowest BCUT2D eigenvalue weighted by atomic mass is 9.95. The van der Waals surface area contributed by atoms with Crippen molar-refractivity contribution in [2.24, 2.45) is 5.92 Å². The van der Waals surface area contributed by atoms with Gasteiger partial charge in [0.05, 0.1) is 0 Å². The van der Waals surface area contributed by atoms with Gasteiger partial charge in [-0.25, -0.2) is 4.39 Å². The summed E-state index contributed by atoms with van der Waals surface area (Å²) in [5.41, 5.74) is -0.970. The lowest BCUT2D eigenvalue weighted by Gasteiger charge is -2.25. The summed E-state index contributed by atoms with van der Waals surface area (Å²) in [6.45, 7) is 6.83. The number of aliphatic hydroxyl groups is 1. The van der Waals surface area contributed by atoms with E-state index in [0.717, 1.165) is 6.54 Å². The van der Waals surface area contributed by atoms with E-state index in [9.17, 15) is 9.50 Å². The maximum atomic E-state index is 13.7. The van der Waals surface area contributed by atoms with Gasteiger partial charge in [0, 0.05) is 17.1 Å². The van der Waals surface area contributed by atoms with Crippen LogP contribution in [0, 0.1) is 11.7 Å². The van der Waals surface area contributed by atoms with Gasteiger partial charge in [0.1, 0.15) is 11.4 Å². The highest BCUT2D eigenvalue weighted by atomic mass is 35.5. The van der Waals surface area contributed by atoms with Crippen LogP contribution in [0.25, 0.3) is 0 Å². The molecule has 0 bridgehead atoms. The molecule has 17 heavy (non-hydrogen) atoms. The zero-order chi connectivity index (χ0) is 13.1. The van der Waals surface area contributed by atoms with Gasteiger partial charge in [0.25, 0.3) is 0 Å². The van der Waals surface area contributed by atoms with Crippen molar-refractivity contribution in [3.63, 3.8) is 0 Å². The topological polar surface area (TPSA) is 32.3 Å². The van der Waals surface area contributed by atoms with Crippen LogP contribution in [0.15, 0.2) is 18.2 Å². The first kappa shape index (κ1) is 14.4. The second-order valence-corrected chi connectivity index (χ2v) is 5.36. The first-order valence-electron chi connectivity index (χ1n) is 5.71. The van der Waals surface area contributed by atoms with Crippen LogP contribution in [-0.2, 0) is 5.60 Å². The summed E-state index contributed by atoms with van der Waals surface area (Å²) in [5.74, 6) is 0.00899. The highest BCUT2D eigenvalue weighted by Gasteiger charge is 2.26. The molecule has 4 heteroatoms. The Labute approximate surface area is 107 Å². The van der Waals surface area contributed by atoms with E-state index >= 15 is 0 Å². The molecule has 96 valence electrons. The molecule has 1 atom stereocenters. The van der Waals surface area contributed by atoms with Crippen LogP contribution in [0.5, 0.6) is 0 Å². The lowest BCUT2D eigenvalue weighted by molar-refractivity contribution is 0.0527. The SMILES string of the molecule is CC(C)CNCC(C)(O)c1ccc(Cl)cc1F. The minimum Gasteiger partial charge on any atom is -0.384 e. The summed E-state index contributed by atoms with van der Waals surface area (Å²) in [6, 6.07) is 4.32. The molecule has 1 unspecified atom stereocenters. The first-order valence-corrected chi connectivity index (χ1v) is 6.09. The Kier molecular flexibility index (Phi) is 4.92. The third-order valence-electron chi connectivity index (χ3n) is 2.53. The van der Waals surface area contributed by atoms with Crippen molar-refractivity contribution in [2.45, 2.75) is 26.4 Å². The summed E-state index contributed by atoms with van der Waals surface area (Å²) < 4.78 is 13.7. The fourth-order valence-electron chi connectivity index (χ4n) is 1.63. The molecule has 2 N–H and O–H groups in total. The van der Waals surface area contributed by atoms with Gasteiger partial charge in [-0.1, -0.05) is 31.5 Å². The highest BCUT2D eigenvalue weighted by Crippen LogP contribution is 2.25. The second kappa shape index (κ2) is 5.80. The Morgan fingerprint density at radius 3 is 2.65 bits per heavy atom. The molecule has 0 aliphatic carbocycles. The predicted molar refractivity (Wildman–Crippen MR) is 68.7 cm³/mol. The van der Waals surface area contributed by atoms with Gasteiger partial charge in [-0.15, -0.1) is 0 Å². The Morgan fingerprint density at radius 1 is 1.47 bits per heavy atom. The molecule has 0 fully saturated rings. The summed E-state index contributed by atoms with van der Waals surface area (Å²) >= 11 is 5.68. The van der Waals surface area contributed by atoms with Crippen molar-refractivity contribution in [3.05, 3.63) is 34.6 Å². The lowest BCUT2D eigenvalue weighted by Crippen LogP contribution is -2.37. The van der Waals surface area contributed by atoms with Gasteiger partial charge in [-0.2, -0.15) is 0 Å². The van der Waals surface area contributed by atoms with Crippen LogP contribution in [0.1, 0.15) is 26.3 Å². The normalized spacial score (nSPS) is 15.0. The first-order chi connectivity index (χ1) is 7.83. The maximum absolute atomic E-state index is 13.7. The van der Waals surface area contributed by atoms with Crippen LogP contribution in [-0.4, -0.2) is 18.2 Å². The van der Waals surface area contributed by atoms with Crippen molar-refractivity contribution < 1.29 is 9.50 Å². The fraction of sp³-hybridized carbons (Fsp3) is 0.538. The Morgan fingerprint density at radius 2 is 2.12 bits per heavy atom. The molecule has 2 nitrogen and oxygen atoms in total. The molecule has 0 saturated heterocycles. The number of hydrogen-bond acceptors (Lipinski definition) is 2. The van der Waals surface area contributed by atoms with Crippen LogP contribution in [0.3, 0.4) is 0 Å². The van der Waals surface area contributed by atoms with E-state index in [1.165, 1.54) is 12.1 Å². The quantitative estimate of drug-likeness (QED) is 0.852. The van der Waals surface area contributed by atoms with Crippen molar-refractivity contribution in [1.29, 1.82) is 0 Å². The molecule has 0 aromatic heterocycles. The summed E-state index contributed by atoms with van der Waals surface area (Å²) in [7, 11) is 0. The van der Waals surface area contributed by atoms with Gasteiger partial charge >= 0.3 is 0 Å². The number of nitrogens with one attached hydrogen (secondary N) is 1. The monoisotopic (exact) mass is 259 g/mol. The zero-order valence-electron chi connectivity index (χ0n) is 10.4. The van der Waals surface area contributed by atoms with Gasteiger partial charge in [-0.3, -0.25) is 0 Å². The molecular formula is C13H19ClFNO. The molecule has 1 aromatic carbocycles. The molecule has 0 aliphatic heterocycles. The van der Waals surface area contributed by atoms with E-state index in [2.05, 4.69) is 19.2 Å². The van der Waals surface area contributed by atoms with E-state index in [1.807, 2.05) is 0 Å². The molecular weight excluding hydrogens is 241 g/mol. The summed E-state index contributed by atoms with van der Waals surface area (Å²) in [6.07, 6.45) is 0. The molecule has 0 radical (unpaired) electrons. The summed E-state index contributed by atoms with van der Waals surface area (Å²) in [4.78, 5) is 0. The summed E-state index contributed by atoms with van der Waals surface area (Å²) in [5, 5.41) is 13.7. The maximum Gasteiger partial charge on any atom is 0.130 e. The van der Waals surface area contributed by atoms with E-state index in [0.29, 0.717) is 17.5 Å². The largest absolute Gasteiger partial charge is 0.384 e. The Hall–Kier alpha value is -0.640. The smallest absolute Gasteiger partial charge is 0.130 e. The highest BCUT2D eigenvalue weighted by molar-refractivity contribution is 6.30. The van der Waals surface area contributed by atoms with Crippen molar-refractivity contribution >= 4 is 11.6 Å². The number of halogens is 2. The molecule has 1 rings (SSSR count). The van der Waals surface area contributed by atoms with Crippen molar-refractivity contribution in [2.75, 3.05) is 13.1 Å². The number of rotatable bonds is 5. The van der Waals surface area contributed by atoms with E-state index in [1.54, 1.807) is 13.0 Å². The van der Waals surface area contributed by atoms with E-state index < -0.39 is 11.4 Å². The van der Waals surface area contributed by atoms with Crippen molar-refractivity contribution in [3.8, 4) is 0 Å². The minimum absolute atomic E-state index is 0.262. The molecule has 0 spiro atoms. The standard InChI is InChI=1S/C13H19ClFNO/c1-9(2)7-16-8-13(3,17)11-5-4-10(14)6-12(11)15/h4-6,9,16-17H,7-8H2,1-3H3. The third kappa shape index (κ3) is 4.26. The average molecular weight is 260 g/mol. The van der Waals surface area contributed by atoms with Gasteiger partial charge in [0.15, 0.2) is 0 Å². The van der Waals surface area contributed by atoms with Crippen LogP contribution < -0.4 is 5.32 Å². The van der Waals surface area contributed by atoms with Gasteiger partial charge < -0.3 is 10.4 Å². The van der Waals surface area contributed by atoms with E-state index in [4.69, 9.17) is 11.6 Å². The molecule has 0 amide bonds. The van der Waals surface area contributed by atoms with Crippen LogP contribution >= 0.6 is 11.6 Å². The Balaban J connectivity index is 2.74. The van der Waals surface area contributed by atoms with E-state index in [-0.39, 0.29) is 5.56 Å². The number of hydrogen-bond donors (Lipinski definition) is 2. The third-order valence-corrected chi connectivity index (χ3v) is 2.77. The predicted octanol–water partition coefficient (Wildman–Crippen LogP) is 2.93. The molecule has 1 aromatic rings. The number of benzene rings is 1. The van der Waals surface area contributed by atoms with Crippen LogP contribution in [0.4, 0.5) is 4.39 Å². The molecule has 0 aliphatic rings. The minimum atomic E-state index is -1.23. The Bertz CT molecular complexity index is 380. The van der Waals surface area contributed by atoms with Crippen LogP contribution in [0.2, 0.25) is 5.02 Å². The molecule has 0 saturated carbocycles. The zero-order valence-corrected chi connectivity index (χ0v) is 11.2. The second-order valence-electron chi connectivity index (χ2n) is 4.92. The molecule has 0 heterocycles.